The highest BCUT2D eigenvalue weighted by molar-refractivity contribution is 5.93. The smallest absolute Gasteiger partial charge is 0.0668 e. The van der Waals surface area contributed by atoms with Gasteiger partial charge in [-0.3, -0.25) is 0 Å². The Morgan fingerprint density at radius 1 is 0.882 bits per heavy atom. The monoisotopic (exact) mass is 226 g/mol. The standard InChI is InChI=1S/C13H14N4/c1-17-12-6-8(14)2-4-10(12)16-11-5-3-9(15)7-13(11)17/h2-7,16H,14-15H2,1H3. The summed E-state index contributed by atoms with van der Waals surface area (Å²) in [7, 11) is 2.01. The van der Waals surface area contributed by atoms with Crippen molar-refractivity contribution in [2.45, 2.75) is 0 Å². The Morgan fingerprint density at radius 3 is 1.82 bits per heavy atom. The van der Waals surface area contributed by atoms with Crippen molar-refractivity contribution in [3.8, 4) is 0 Å². The molecule has 0 bridgehead atoms. The van der Waals surface area contributed by atoms with Gasteiger partial charge in [-0.05, 0) is 36.4 Å². The quantitative estimate of drug-likeness (QED) is 0.604. The third-order valence-corrected chi connectivity index (χ3v) is 3.04. The van der Waals surface area contributed by atoms with E-state index in [1.165, 1.54) is 0 Å². The molecule has 1 aliphatic rings. The van der Waals surface area contributed by atoms with E-state index >= 15 is 0 Å². The van der Waals surface area contributed by atoms with Gasteiger partial charge in [0.2, 0.25) is 0 Å². The topological polar surface area (TPSA) is 67.3 Å². The second kappa shape index (κ2) is 3.31. The van der Waals surface area contributed by atoms with Gasteiger partial charge in [-0.15, -0.1) is 0 Å². The van der Waals surface area contributed by atoms with Crippen molar-refractivity contribution in [3.05, 3.63) is 36.4 Å². The van der Waals surface area contributed by atoms with E-state index in [-0.39, 0.29) is 0 Å². The van der Waals surface area contributed by atoms with E-state index in [1.54, 1.807) is 0 Å². The van der Waals surface area contributed by atoms with Gasteiger partial charge >= 0.3 is 0 Å². The van der Waals surface area contributed by atoms with Gasteiger partial charge in [0.1, 0.15) is 0 Å². The number of benzene rings is 2. The zero-order valence-corrected chi connectivity index (χ0v) is 9.57. The van der Waals surface area contributed by atoms with Gasteiger partial charge in [-0.1, -0.05) is 0 Å². The lowest BCUT2D eigenvalue weighted by Crippen LogP contribution is -2.18. The van der Waals surface area contributed by atoms with Crippen LogP contribution in [0.5, 0.6) is 0 Å². The number of rotatable bonds is 0. The summed E-state index contributed by atoms with van der Waals surface area (Å²) in [5.41, 5.74) is 17.4. The third-order valence-electron chi connectivity index (χ3n) is 3.04. The van der Waals surface area contributed by atoms with Crippen LogP contribution in [0.15, 0.2) is 36.4 Å². The summed E-state index contributed by atoms with van der Waals surface area (Å²) in [6.45, 7) is 0. The van der Waals surface area contributed by atoms with Gasteiger partial charge in [0.25, 0.3) is 0 Å². The third kappa shape index (κ3) is 1.45. The first-order chi connectivity index (χ1) is 8.15. The number of nitrogens with one attached hydrogen (secondary N) is 1. The number of fused-ring (bicyclic) bond motifs is 2. The molecule has 5 N–H and O–H groups in total. The number of hydrogen-bond donors (Lipinski definition) is 3. The van der Waals surface area contributed by atoms with Crippen LogP contribution in [0.3, 0.4) is 0 Å². The maximum atomic E-state index is 5.81. The SMILES string of the molecule is CN1c2cc(N)ccc2Nc2ccc(N)cc21. The number of nitrogens with zero attached hydrogens (tertiary/aromatic N) is 1. The largest absolute Gasteiger partial charge is 0.399 e. The molecule has 3 rings (SSSR count). The molecular weight excluding hydrogens is 212 g/mol. The molecule has 0 saturated carbocycles. The van der Waals surface area contributed by atoms with Crippen LogP contribution in [-0.4, -0.2) is 7.05 Å². The van der Waals surface area contributed by atoms with Gasteiger partial charge in [-0.2, -0.15) is 0 Å². The summed E-state index contributed by atoms with van der Waals surface area (Å²) in [5, 5.41) is 3.37. The average Bonchev–Trinajstić information content (AvgIpc) is 2.32. The summed E-state index contributed by atoms with van der Waals surface area (Å²) in [4.78, 5) is 2.09. The van der Waals surface area contributed by atoms with E-state index in [1.807, 2.05) is 43.4 Å². The Hall–Kier alpha value is -2.36. The lowest BCUT2D eigenvalue weighted by atomic mass is 10.1. The van der Waals surface area contributed by atoms with Crippen LogP contribution in [-0.2, 0) is 0 Å². The molecule has 4 nitrogen and oxygen atoms in total. The van der Waals surface area contributed by atoms with Gasteiger partial charge in [0.15, 0.2) is 0 Å². The van der Waals surface area contributed by atoms with Crippen molar-refractivity contribution in [3.63, 3.8) is 0 Å². The second-order valence-electron chi connectivity index (χ2n) is 4.24. The predicted molar refractivity (Wildman–Crippen MR) is 73.1 cm³/mol. The highest BCUT2D eigenvalue weighted by Crippen LogP contribution is 2.43. The van der Waals surface area contributed by atoms with Crippen LogP contribution in [0, 0.1) is 0 Å². The molecule has 0 aromatic heterocycles. The van der Waals surface area contributed by atoms with Crippen LogP contribution in [0.25, 0.3) is 0 Å². The molecule has 0 amide bonds. The van der Waals surface area contributed by atoms with Gasteiger partial charge in [-0.25, -0.2) is 0 Å². The lowest BCUT2D eigenvalue weighted by molar-refractivity contribution is 1.19. The highest BCUT2D eigenvalue weighted by atomic mass is 15.2. The first-order valence-electron chi connectivity index (χ1n) is 5.45. The molecule has 2 aromatic rings. The molecule has 0 aliphatic carbocycles. The summed E-state index contributed by atoms with van der Waals surface area (Å²) in [6.07, 6.45) is 0. The first-order valence-corrected chi connectivity index (χ1v) is 5.45. The maximum Gasteiger partial charge on any atom is 0.0668 e. The van der Waals surface area contributed by atoms with Gasteiger partial charge < -0.3 is 21.7 Å². The van der Waals surface area contributed by atoms with Crippen molar-refractivity contribution in [1.82, 2.24) is 0 Å². The Labute approximate surface area is 99.8 Å². The molecular formula is C13H14N4. The van der Waals surface area contributed by atoms with E-state index in [0.717, 1.165) is 34.1 Å². The minimum Gasteiger partial charge on any atom is -0.399 e. The number of anilines is 6. The first kappa shape index (κ1) is 9.84. The number of hydrogen-bond acceptors (Lipinski definition) is 4. The fourth-order valence-corrected chi connectivity index (χ4v) is 2.14. The van der Waals surface area contributed by atoms with Crippen molar-refractivity contribution in [1.29, 1.82) is 0 Å². The zero-order chi connectivity index (χ0) is 12.0. The number of nitrogen functional groups attached to an aromatic ring is 2. The van der Waals surface area contributed by atoms with E-state index < -0.39 is 0 Å². The Kier molecular flexibility index (Phi) is 1.92. The van der Waals surface area contributed by atoms with E-state index in [9.17, 15) is 0 Å². The number of nitrogens with two attached hydrogens (primary N) is 2. The van der Waals surface area contributed by atoms with Crippen molar-refractivity contribution in [2.75, 3.05) is 28.7 Å². The molecule has 0 fully saturated rings. The van der Waals surface area contributed by atoms with Crippen molar-refractivity contribution < 1.29 is 0 Å². The molecule has 0 saturated heterocycles. The lowest BCUT2D eigenvalue weighted by Gasteiger charge is -2.31. The molecule has 0 spiro atoms. The molecule has 2 aromatic carbocycles. The minimum atomic E-state index is 0.754. The van der Waals surface area contributed by atoms with Crippen LogP contribution < -0.4 is 21.7 Å². The molecule has 0 unspecified atom stereocenters. The molecule has 1 aliphatic heterocycles. The summed E-state index contributed by atoms with van der Waals surface area (Å²) < 4.78 is 0. The summed E-state index contributed by atoms with van der Waals surface area (Å²) in [5.74, 6) is 0. The minimum absolute atomic E-state index is 0.754. The Balaban J connectivity index is 2.18. The normalized spacial score (nSPS) is 12.6. The van der Waals surface area contributed by atoms with Gasteiger partial charge in [0.05, 0.1) is 22.7 Å². The fourth-order valence-electron chi connectivity index (χ4n) is 2.14. The van der Waals surface area contributed by atoms with Crippen molar-refractivity contribution in [2.24, 2.45) is 0 Å². The Morgan fingerprint density at radius 2 is 1.35 bits per heavy atom. The van der Waals surface area contributed by atoms with E-state index in [2.05, 4.69) is 10.2 Å². The second-order valence-corrected chi connectivity index (χ2v) is 4.24. The van der Waals surface area contributed by atoms with Gasteiger partial charge in [0, 0.05) is 18.4 Å². The summed E-state index contributed by atoms with van der Waals surface area (Å²) >= 11 is 0. The van der Waals surface area contributed by atoms with Crippen molar-refractivity contribution >= 4 is 34.1 Å². The summed E-state index contributed by atoms with van der Waals surface area (Å²) in [6, 6.07) is 11.7. The molecule has 86 valence electrons. The molecule has 4 heteroatoms. The Bertz CT molecular complexity index is 540. The molecule has 0 atom stereocenters. The highest BCUT2D eigenvalue weighted by Gasteiger charge is 2.19. The molecule has 0 radical (unpaired) electrons. The van der Waals surface area contributed by atoms with Crippen LogP contribution >= 0.6 is 0 Å². The predicted octanol–water partition coefficient (Wildman–Crippen LogP) is 2.68. The zero-order valence-electron chi connectivity index (χ0n) is 9.57. The van der Waals surface area contributed by atoms with E-state index in [4.69, 9.17) is 11.5 Å². The van der Waals surface area contributed by atoms with Crippen LogP contribution in [0.2, 0.25) is 0 Å². The van der Waals surface area contributed by atoms with E-state index in [0.29, 0.717) is 0 Å². The average molecular weight is 226 g/mol. The fraction of sp³-hybridized carbons (Fsp3) is 0.0769. The molecule has 17 heavy (non-hydrogen) atoms. The maximum absolute atomic E-state index is 5.81. The van der Waals surface area contributed by atoms with Crippen LogP contribution in [0.4, 0.5) is 34.1 Å². The van der Waals surface area contributed by atoms with Crippen LogP contribution in [0.1, 0.15) is 0 Å². The molecule has 1 heterocycles.